The number of hydrogen-bond donors (Lipinski definition) is 1. The molecule has 1 aliphatic heterocycles. The van der Waals surface area contributed by atoms with Crippen LogP contribution >= 0.6 is 11.3 Å². The minimum atomic E-state index is 0.201. The van der Waals surface area contributed by atoms with Crippen molar-refractivity contribution in [2.75, 3.05) is 10.6 Å². The molecule has 1 aromatic heterocycles. The minimum Gasteiger partial charge on any atom is -0.397 e. The summed E-state index contributed by atoms with van der Waals surface area (Å²) in [4.78, 5) is 2.55. The van der Waals surface area contributed by atoms with Gasteiger partial charge in [-0.1, -0.05) is 72.9 Å². The molecule has 168 valence electrons. The number of thiophene rings is 1. The van der Waals surface area contributed by atoms with E-state index >= 15 is 0 Å². The van der Waals surface area contributed by atoms with Crippen molar-refractivity contribution >= 4 is 48.5 Å². The predicted octanol–water partition coefficient (Wildman–Crippen LogP) is 7.32. The summed E-state index contributed by atoms with van der Waals surface area (Å²) in [6.07, 6.45) is 16.6. The van der Waals surface area contributed by atoms with Gasteiger partial charge in [-0.25, -0.2) is 0 Å². The smallest absolute Gasteiger partial charge is 0.0992 e. The van der Waals surface area contributed by atoms with Gasteiger partial charge in [0.05, 0.1) is 35.1 Å². The Morgan fingerprint density at radius 1 is 0.943 bits per heavy atom. The SMILES string of the molecule is N#Cc1ccc2c(c1)sc1cc(C3=CC=CCC3N3c4c(N)cccc4C4C=CC=CC43)ccc12. The first-order chi connectivity index (χ1) is 17.2. The number of benzene rings is 3. The fourth-order valence-corrected chi connectivity index (χ4v) is 7.19. The van der Waals surface area contributed by atoms with Crippen LogP contribution in [0, 0.1) is 11.3 Å². The van der Waals surface area contributed by atoms with Gasteiger partial charge in [-0.3, -0.25) is 0 Å². The molecule has 3 nitrogen and oxygen atoms in total. The van der Waals surface area contributed by atoms with E-state index in [1.165, 1.54) is 37.9 Å². The van der Waals surface area contributed by atoms with Crippen molar-refractivity contribution in [1.82, 2.24) is 0 Å². The summed E-state index contributed by atoms with van der Waals surface area (Å²) in [6.45, 7) is 0. The molecule has 3 aromatic carbocycles. The molecule has 0 amide bonds. The Morgan fingerprint density at radius 2 is 1.77 bits per heavy atom. The Kier molecular flexibility index (Phi) is 4.49. The average molecular weight is 470 g/mol. The number of para-hydroxylation sites is 1. The molecule has 3 atom stereocenters. The fraction of sp³-hybridized carbons (Fsp3) is 0.129. The second-order valence-corrected chi connectivity index (χ2v) is 10.5. The van der Waals surface area contributed by atoms with E-state index in [2.05, 4.69) is 89.9 Å². The van der Waals surface area contributed by atoms with Gasteiger partial charge in [0, 0.05) is 26.1 Å². The van der Waals surface area contributed by atoms with Crippen molar-refractivity contribution in [2.45, 2.75) is 24.4 Å². The summed E-state index contributed by atoms with van der Waals surface area (Å²) in [5.41, 5.74) is 13.2. The number of anilines is 2. The number of nitriles is 1. The standard InChI is InChI=1S/C31H23N3S/c32-18-19-12-14-23-24-15-13-20(17-30(24)35-29(23)16-19)21-6-1-3-10-27(21)34-28-11-4-2-7-22(28)25-8-5-9-26(33)31(25)34/h1-9,11-17,22,27-28H,10,33H2. The van der Waals surface area contributed by atoms with Crippen molar-refractivity contribution in [1.29, 1.82) is 5.26 Å². The topological polar surface area (TPSA) is 53.0 Å². The lowest BCUT2D eigenvalue weighted by Gasteiger charge is -2.38. The highest BCUT2D eigenvalue weighted by Crippen LogP contribution is 2.50. The Balaban J connectivity index is 1.35. The number of nitrogens with zero attached hydrogens (tertiary/aromatic N) is 2. The summed E-state index contributed by atoms with van der Waals surface area (Å²) in [5, 5.41) is 11.8. The zero-order chi connectivity index (χ0) is 23.5. The quantitative estimate of drug-likeness (QED) is 0.313. The molecule has 4 heteroatoms. The molecule has 3 unspecified atom stereocenters. The molecule has 0 saturated heterocycles. The molecule has 2 N–H and O–H groups in total. The lowest BCUT2D eigenvalue weighted by atomic mass is 9.88. The Bertz CT molecular complexity index is 1680. The first kappa shape index (κ1) is 20.3. The number of rotatable bonds is 2. The molecule has 0 fully saturated rings. The monoisotopic (exact) mass is 469 g/mol. The fourth-order valence-electron chi connectivity index (χ4n) is 6.00. The molecule has 0 saturated carbocycles. The van der Waals surface area contributed by atoms with Crippen LogP contribution < -0.4 is 10.6 Å². The summed E-state index contributed by atoms with van der Waals surface area (Å²) in [5.74, 6) is 0.324. The lowest BCUT2D eigenvalue weighted by Crippen LogP contribution is -2.42. The van der Waals surface area contributed by atoms with Gasteiger partial charge in [0.1, 0.15) is 0 Å². The molecular weight excluding hydrogens is 446 g/mol. The third-order valence-corrected chi connectivity index (χ3v) is 8.66. The van der Waals surface area contributed by atoms with E-state index in [0.717, 1.165) is 16.8 Å². The van der Waals surface area contributed by atoms with Crippen molar-refractivity contribution in [2.24, 2.45) is 0 Å². The van der Waals surface area contributed by atoms with E-state index in [9.17, 15) is 5.26 Å². The normalized spacial score (nSPS) is 22.3. The molecular formula is C31H23N3S. The number of nitrogen functional groups attached to an aromatic ring is 1. The van der Waals surface area contributed by atoms with Crippen LogP contribution in [0.1, 0.15) is 29.0 Å². The molecule has 3 aliphatic rings. The van der Waals surface area contributed by atoms with E-state index in [1.54, 1.807) is 11.3 Å². The summed E-state index contributed by atoms with van der Waals surface area (Å²) >= 11 is 1.76. The molecule has 0 spiro atoms. The van der Waals surface area contributed by atoms with Gasteiger partial charge in [0.2, 0.25) is 0 Å². The zero-order valence-corrected chi connectivity index (χ0v) is 19.9. The maximum atomic E-state index is 9.31. The summed E-state index contributed by atoms with van der Waals surface area (Å²) in [6, 6.07) is 21.9. The Morgan fingerprint density at radius 3 is 2.66 bits per heavy atom. The zero-order valence-electron chi connectivity index (χ0n) is 19.1. The van der Waals surface area contributed by atoms with Crippen molar-refractivity contribution < 1.29 is 0 Å². The minimum absolute atomic E-state index is 0.201. The van der Waals surface area contributed by atoms with Gasteiger partial charge in [0.25, 0.3) is 0 Å². The van der Waals surface area contributed by atoms with Crippen LogP contribution in [0.5, 0.6) is 0 Å². The molecule has 35 heavy (non-hydrogen) atoms. The highest BCUT2D eigenvalue weighted by atomic mass is 32.1. The first-order valence-corrected chi connectivity index (χ1v) is 12.8. The molecule has 4 aromatic rings. The van der Waals surface area contributed by atoms with Crippen LogP contribution in [0.3, 0.4) is 0 Å². The summed E-state index contributed by atoms with van der Waals surface area (Å²) in [7, 11) is 0. The lowest BCUT2D eigenvalue weighted by molar-refractivity contribution is 0.623. The van der Waals surface area contributed by atoms with E-state index in [-0.39, 0.29) is 12.1 Å². The average Bonchev–Trinajstić information content (AvgIpc) is 3.44. The Labute approximate surface area is 208 Å². The third-order valence-electron chi connectivity index (χ3n) is 7.54. The maximum Gasteiger partial charge on any atom is 0.0992 e. The van der Waals surface area contributed by atoms with Crippen molar-refractivity contribution in [3.05, 3.63) is 114 Å². The predicted molar refractivity (Wildman–Crippen MR) is 148 cm³/mol. The Hall–Kier alpha value is -4.07. The molecule has 2 heterocycles. The molecule has 2 aliphatic carbocycles. The maximum absolute atomic E-state index is 9.31. The second kappa shape index (κ2) is 7.73. The molecule has 0 radical (unpaired) electrons. The first-order valence-electron chi connectivity index (χ1n) is 12.0. The van der Waals surface area contributed by atoms with Gasteiger partial charge in [0.15, 0.2) is 0 Å². The van der Waals surface area contributed by atoms with E-state index < -0.39 is 0 Å². The van der Waals surface area contributed by atoms with Gasteiger partial charge >= 0.3 is 0 Å². The van der Waals surface area contributed by atoms with Crippen molar-refractivity contribution in [3.8, 4) is 6.07 Å². The molecule has 0 bridgehead atoms. The second-order valence-electron chi connectivity index (χ2n) is 9.42. The molecule has 7 rings (SSSR count). The van der Waals surface area contributed by atoms with Crippen LogP contribution in [0.2, 0.25) is 0 Å². The summed E-state index contributed by atoms with van der Waals surface area (Å²) < 4.78 is 2.41. The van der Waals surface area contributed by atoms with Gasteiger partial charge in [-0.2, -0.15) is 5.26 Å². The van der Waals surface area contributed by atoms with Gasteiger partial charge in [-0.15, -0.1) is 11.3 Å². The van der Waals surface area contributed by atoms with Gasteiger partial charge in [-0.05, 0) is 47.4 Å². The largest absolute Gasteiger partial charge is 0.397 e. The van der Waals surface area contributed by atoms with Crippen LogP contribution in [-0.2, 0) is 0 Å². The van der Waals surface area contributed by atoms with Gasteiger partial charge < -0.3 is 10.6 Å². The van der Waals surface area contributed by atoms with E-state index in [4.69, 9.17) is 5.73 Å². The number of fused-ring (bicyclic) bond motifs is 6. The number of nitrogens with two attached hydrogens (primary N) is 1. The number of hydrogen-bond acceptors (Lipinski definition) is 4. The van der Waals surface area contributed by atoms with E-state index in [0.29, 0.717) is 11.5 Å². The van der Waals surface area contributed by atoms with Crippen LogP contribution in [0.15, 0.2) is 97.1 Å². The number of allylic oxidation sites excluding steroid dienone is 4. The van der Waals surface area contributed by atoms with Crippen LogP contribution in [0.25, 0.3) is 25.7 Å². The van der Waals surface area contributed by atoms with E-state index in [1.807, 2.05) is 18.2 Å². The highest BCUT2D eigenvalue weighted by Gasteiger charge is 2.42. The van der Waals surface area contributed by atoms with Crippen molar-refractivity contribution in [3.63, 3.8) is 0 Å². The van der Waals surface area contributed by atoms with Crippen LogP contribution in [0.4, 0.5) is 11.4 Å². The highest BCUT2D eigenvalue weighted by molar-refractivity contribution is 7.25. The van der Waals surface area contributed by atoms with Crippen LogP contribution in [-0.4, -0.2) is 12.1 Å². The third kappa shape index (κ3) is 3.02.